The molecule has 0 radical (unpaired) electrons. The van der Waals surface area contributed by atoms with Gasteiger partial charge < -0.3 is 10.5 Å². The first kappa shape index (κ1) is 11.7. The molecule has 0 heterocycles. The fourth-order valence-electron chi connectivity index (χ4n) is 1.33. The number of ether oxygens (including phenoxy) is 1. The van der Waals surface area contributed by atoms with Crippen LogP contribution in [-0.4, -0.2) is 13.1 Å². The molecule has 1 aromatic carbocycles. The van der Waals surface area contributed by atoms with Crippen molar-refractivity contribution in [3.05, 3.63) is 35.1 Å². The zero-order valence-electron chi connectivity index (χ0n) is 8.79. The van der Waals surface area contributed by atoms with Crippen LogP contribution in [0.15, 0.2) is 18.2 Å². The van der Waals surface area contributed by atoms with Gasteiger partial charge in [-0.15, -0.1) is 0 Å². The highest BCUT2D eigenvalue weighted by molar-refractivity contribution is 5.70. The number of halogens is 1. The topological polar surface area (TPSA) is 52.3 Å². The maximum absolute atomic E-state index is 13.6. The van der Waals surface area contributed by atoms with Crippen LogP contribution in [0, 0.1) is 12.7 Å². The highest BCUT2D eigenvalue weighted by atomic mass is 19.1. The van der Waals surface area contributed by atoms with Gasteiger partial charge >= 0.3 is 5.97 Å². The molecule has 0 saturated heterocycles. The van der Waals surface area contributed by atoms with Crippen molar-refractivity contribution in [2.24, 2.45) is 5.73 Å². The van der Waals surface area contributed by atoms with Crippen molar-refractivity contribution in [1.82, 2.24) is 0 Å². The smallest absolute Gasteiger partial charge is 0.307 e. The highest BCUT2D eigenvalue weighted by Crippen LogP contribution is 2.20. The molecule has 2 N–H and O–H groups in total. The third kappa shape index (κ3) is 2.76. The van der Waals surface area contributed by atoms with Gasteiger partial charge in [-0.1, -0.05) is 18.2 Å². The Labute approximate surface area is 88.0 Å². The Bertz CT molecular complexity index is 366. The molecule has 0 saturated carbocycles. The molecule has 0 amide bonds. The Kier molecular flexibility index (Phi) is 3.80. The number of hydrogen-bond acceptors (Lipinski definition) is 3. The van der Waals surface area contributed by atoms with Crippen molar-refractivity contribution in [1.29, 1.82) is 0 Å². The molecule has 1 rings (SSSR count). The van der Waals surface area contributed by atoms with E-state index < -0.39 is 12.0 Å². The van der Waals surface area contributed by atoms with Crippen LogP contribution in [0.4, 0.5) is 4.39 Å². The second kappa shape index (κ2) is 4.89. The van der Waals surface area contributed by atoms with Gasteiger partial charge in [0.25, 0.3) is 0 Å². The summed E-state index contributed by atoms with van der Waals surface area (Å²) >= 11 is 0. The van der Waals surface area contributed by atoms with E-state index >= 15 is 0 Å². The van der Waals surface area contributed by atoms with E-state index in [4.69, 9.17) is 5.73 Å². The molecular formula is C11H14FNO2. The molecule has 0 aromatic heterocycles. The molecule has 1 atom stereocenters. The number of esters is 1. The average molecular weight is 211 g/mol. The third-order valence-electron chi connectivity index (χ3n) is 2.24. The van der Waals surface area contributed by atoms with E-state index in [1.165, 1.54) is 7.11 Å². The van der Waals surface area contributed by atoms with E-state index in [0.29, 0.717) is 11.1 Å². The summed E-state index contributed by atoms with van der Waals surface area (Å²) in [6.07, 6.45) is -0.0170. The number of carbonyl (C=O) groups is 1. The Morgan fingerprint density at radius 3 is 2.87 bits per heavy atom. The fourth-order valence-corrected chi connectivity index (χ4v) is 1.33. The molecule has 0 aliphatic heterocycles. The molecule has 0 unspecified atom stereocenters. The van der Waals surface area contributed by atoms with Crippen LogP contribution in [0.25, 0.3) is 0 Å². The van der Waals surface area contributed by atoms with E-state index in [9.17, 15) is 9.18 Å². The van der Waals surface area contributed by atoms with E-state index in [0.717, 1.165) is 0 Å². The van der Waals surface area contributed by atoms with Gasteiger partial charge in [-0.05, 0) is 12.5 Å². The van der Waals surface area contributed by atoms with Crippen LogP contribution in [0.3, 0.4) is 0 Å². The minimum Gasteiger partial charge on any atom is -0.469 e. The first-order valence-electron chi connectivity index (χ1n) is 4.63. The second-order valence-corrected chi connectivity index (χ2v) is 3.36. The molecule has 0 fully saturated rings. The molecular weight excluding hydrogens is 197 g/mol. The number of aryl methyl sites for hydroxylation is 1. The molecule has 82 valence electrons. The Morgan fingerprint density at radius 1 is 1.60 bits per heavy atom. The van der Waals surface area contributed by atoms with Crippen LogP contribution in [0.2, 0.25) is 0 Å². The predicted octanol–water partition coefficient (Wildman–Crippen LogP) is 1.70. The van der Waals surface area contributed by atoms with Crippen molar-refractivity contribution in [2.45, 2.75) is 19.4 Å². The molecule has 0 aliphatic rings. The molecule has 4 heteroatoms. The summed E-state index contributed by atoms with van der Waals surface area (Å²) in [5, 5.41) is 0. The minimum atomic E-state index is -0.655. The first-order valence-corrected chi connectivity index (χ1v) is 4.63. The SMILES string of the molecule is COC(=O)C[C@H](N)c1cccc(C)c1F. The van der Waals surface area contributed by atoms with Crippen LogP contribution >= 0.6 is 0 Å². The normalized spacial score (nSPS) is 12.3. The van der Waals surface area contributed by atoms with Crippen LogP contribution < -0.4 is 5.73 Å². The van der Waals surface area contributed by atoms with E-state index in [-0.39, 0.29) is 12.2 Å². The van der Waals surface area contributed by atoms with Crippen molar-refractivity contribution < 1.29 is 13.9 Å². The fraction of sp³-hybridized carbons (Fsp3) is 0.364. The van der Waals surface area contributed by atoms with Crippen molar-refractivity contribution in [3.63, 3.8) is 0 Å². The summed E-state index contributed by atoms with van der Waals surface area (Å²) in [4.78, 5) is 11.0. The number of benzene rings is 1. The lowest BCUT2D eigenvalue weighted by Crippen LogP contribution is -2.17. The lowest BCUT2D eigenvalue weighted by Gasteiger charge is -2.12. The van der Waals surface area contributed by atoms with Crippen molar-refractivity contribution in [2.75, 3.05) is 7.11 Å². The van der Waals surface area contributed by atoms with Gasteiger partial charge in [0.15, 0.2) is 0 Å². The Morgan fingerprint density at radius 2 is 2.27 bits per heavy atom. The standard InChI is InChI=1S/C11H14FNO2/c1-7-4-3-5-8(11(7)12)9(13)6-10(14)15-2/h3-5,9H,6,13H2,1-2H3/t9-/m0/s1. The molecule has 0 aliphatic carbocycles. The largest absolute Gasteiger partial charge is 0.469 e. The molecule has 15 heavy (non-hydrogen) atoms. The zero-order chi connectivity index (χ0) is 11.4. The quantitative estimate of drug-likeness (QED) is 0.774. The van der Waals surface area contributed by atoms with E-state index in [2.05, 4.69) is 4.74 Å². The molecule has 0 spiro atoms. The van der Waals surface area contributed by atoms with Crippen LogP contribution in [-0.2, 0) is 9.53 Å². The lowest BCUT2D eigenvalue weighted by atomic mass is 10.0. The summed E-state index contributed by atoms with van der Waals surface area (Å²) < 4.78 is 18.0. The number of nitrogens with two attached hydrogens (primary N) is 1. The van der Waals surface area contributed by atoms with Gasteiger partial charge in [-0.25, -0.2) is 4.39 Å². The number of methoxy groups -OCH3 is 1. The Balaban J connectivity index is 2.86. The van der Waals surface area contributed by atoms with Gasteiger partial charge in [-0.3, -0.25) is 4.79 Å². The van der Waals surface area contributed by atoms with E-state index in [1.807, 2.05) is 0 Å². The zero-order valence-corrected chi connectivity index (χ0v) is 8.79. The molecule has 1 aromatic rings. The molecule has 0 bridgehead atoms. The van der Waals surface area contributed by atoms with E-state index in [1.54, 1.807) is 25.1 Å². The number of rotatable bonds is 3. The maximum atomic E-state index is 13.6. The summed E-state index contributed by atoms with van der Waals surface area (Å²) in [6.45, 7) is 1.66. The van der Waals surface area contributed by atoms with Gasteiger partial charge in [0, 0.05) is 11.6 Å². The lowest BCUT2D eigenvalue weighted by molar-refractivity contribution is -0.141. The first-order chi connectivity index (χ1) is 7.06. The van der Waals surface area contributed by atoms with Crippen molar-refractivity contribution in [3.8, 4) is 0 Å². The van der Waals surface area contributed by atoms with Gasteiger partial charge in [0.2, 0.25) is 0 Å². The van der Waals surface area contributed by atoms with Gasteiger partial charge in [0.1, 0.15) is 5.82 Å². The second-order valence-electron chi connectivity index (χ2n) is 3.36. The highest BCUT2D eigenvalue weighted by Gasteiger charge is 2.16. The number of carbonyl (C=O) groups excluding carboxylic acids is 1. The summed E-state index contributed by atoms with van der Waals surface area (Å²) in [6, 6.07) is 4.29. The average Bonchev–Trinajstić information content (AvgIpc) is 2.21. The summed E-state index contributed by atoms with van der Waals surface area (Å²) in [5.74, 6) is -0.794. The van der Waals surface area contributed by atoms with Crippen molar-refractivity contribution >= 4 is 5.97 Å². The Hall–Kier alpha value is -1.42. The van der Waals surface area contributed by atoms with Gasteiger partial charge in [-0.2, -0.15) is 0 Å². The molecule has 3 nitrogen and oxygen atoms in total. The minimum absolute atomic E-state index is 0.0170. The maximum Gasteiger partial charge on any atom is 0.307 e. The summed E-state index contributed by atoms with van der Waals surface area (Å²) in [5.41, 5.74) is 6.57. The van der Waals surface area contributed by atoms with Crippen LogP contribution in [0.5, 0.6) is 0 Å². The van der Waals surface area contributed by atoms with Gasteiger partial charge in [0.05, 0.1) is 13.5 Å². The summed E-state index contributed by atoms with van der Waals surface area (Å²) in [7, 11) is 1.28. The monoisotopic (exact) mass is 211 g/mol. The number of hydrogen-bond donors (Lipinski definition) is 1. The predicted molar refractivity (Wildman–Crippen MR) is 54.7 cm³/mol. The van der Waals surface area contributed by atoms with Crippen LogP contribution in [0.1, 0.15) is 23.6 Å². The third-order valence-corrected chi connectivity index (χ3v) is 2.24.